The molecule has 210 valence electrons. The minimum Gasteiger partial charge on any atom is -0.258 e. The number of hydrogen-bond acceptors (Lipinski definition) is 6. The molecule has 4 bridgehead atoms. The molecule has 0 radical (unpaired) electrons. The Morgan fingerprint density at radius 1 is 0.857 bits per heavy atom. The summed E-state index contributed by atoms with van der Waals surface area (Å²) in [5.41, 5.74) is 3.90. The third kappa shape index (κ3) is 5.05. The molecule has 0 spiro atoms. The average Bonchev–Trinajstić information content (AvgIpc) is 3.28. The lowest BCUT2D eigenvalue weighted by Gasteiger charge is -2.19. The van der Waals surface area contributed by atoms with Crippen LogP contribution in [0.2, 0.25) is 0 Å². The molecule has 0 saturated carbocycles. The van der Waals surface area contributed by atoms with Crippen LogP contribution in [0.4, 0.5) is 5.69 Å². The fraction of sp³-hybridized carbons (Fsp3) is 0.188. The van der Waals surface area contributed by atoms with Gasteiger partial charge in [0.25, 0.3) is 15.7 Å². The number of sulfonamides is 1. The van der Waals surface area contributed by atoms with Gasteiger partial charge in [0.2, 0.25) is 0 Å². The lowest BCUT2D eigenvalue weighted by Crippen LogP contribution is -2.33. The number of rotatable bonds is 3. The van der Waals surface area contributed by atoms with Gasteiger partial charge in [0, 0.05) is 30.2 Å². The van der Waals surface area contributed by atoms with E-state index < -0.39 is 30.5 Å². The second-order valence-corrected chi connectivity index (χ2v) is 14.1. The van der Waals surface area contributed by atoms with Gasteiger partial charge < -0.3 is 0 Å². The van der Waals surface area contributed by atoms with E-state index in [0.717, 1.165) is 42.9 Å². The highest BCUT2D eigenvalue weighted by Crippen LogP contribution is 2.42. The van der Waals surface area contributed by atoms with Crippen molar-refractivity contribution in [1.29, 1.82) is 0 Å². The lowest BCUT2D eigenvalue weighted by molar-refractivity contribution is -0.387. The molecule has 0 aliphatic carbocycles. The first kappa shape index (κ1) is 27.7. The van der Waals surface area contributed by atoms with E-state index in [1.165, 1.54) is 24.3 Å². The Hall–Kier alpha value is -4.48. The molecule has 2 aliphatic heterocycles. The van der Waals surface area contributed by atoms with Crippen LogP contribution in [0.25, 0.3) is 21.9 Å². The Labute approximate surface area is 244 Å². The summed E-state index contributed by atoms with van der Waals surface area (Å²) in [6, 6.07) is 20.4. The third-order valence-corrected chi connectivity index (χ3v) is 10.8. The van der Waals surface area contributed by atoms with Gasteiger partial charge in [-0.2, -0.15) is 4.31 Å². The maximum absolute atomic E-state index is 13.7. The maximum Gasteiger partial charge on any atom is 0.289 e. The van der Waals surface area contributed by atoms with Crippen molar-refractivity contribution in [1.82, 2.24) is 4.31 Å². The van der Waals surface area contributed by atoms with Crippen molar-refractivity contribution in [2.75, 3.05) is 13.1 Å². The van der Waals surface area contributed by atoms with Crippen molar-refractivity contribution >= 4 is 36.3 Å². The van der Waals surface area contributed by atoms with E-state index in [0.29, 0.717) is 18.4 Å². The van der Waals surface area contributed by atoms with Gasteiger partial charge in [0.1, 0.15) is 0 Å². The van der Waals surface area contributed by atoms with Crippen molar-refractivity contribution in [3.8, 4) is 34.8 Å². The van der Waals surface area contributed by atoms with Crippen LogP contribution in [0.3, 0.4) is 0 Å². The highest BCUT2D eigenvalue weighted by Gasteiger charge is 2.32. The van der Waals surface area contributed by atoms with Gasteiger partial charge in [0.05, 0.1) is 23.0 Å². The molecule has 4 aromatic carbocycles. The Morgan fingerprint density at radius 2 is 1.60 bits per heavy atom. The maximum atomic E-state index is 13.7. The number of hydrogen-bond donors (Lipinski definition) is 0. The second-order valence-electron chi connectivity index (χ2n) is 10.1. The summed E-state index contributed by atoms with van der Waals surface area (Å²) in [6.07, 6.45) is 0.758. The van der Waals surface area contributed by atoms with Gasteiger partial charge in [-0.3, -0.25) is 10.1 Å². The van der Waals surface area contributed by atoms with Crippen LogP contribution in [0.5, 0.6) is 0 Å². The molecule has 0 fully saturated rings. The topological polar surface area (TPSA) is 115 Å². The van der Waals surface area contributed by atoms with E-state index in [4.69, 9.17) is 0 Å². The summed E-state index contributed by atoms with van der Waals surface area (Å²) in [6.45, 7) is -0.121. The molecule has 0 N–H and O–H groups in total. The molecular formula is C32H24N2O6S2. The van der Waals surface area contributed by atoms with Crippen molar-refractivity contribution in [2.24, 2.45) is 0 Å². The first-order chi connectivity index (χ1) is 20.2. The average molecular weight is 597 g/mol. The van der Waals surface area contributed by atoms with Gasteiger partial charge in [-0.15, -0.1) is 0 Å². The van der Waals surface area contributed by atoms with E-state index in [2.05, 4.69) is 23.7 Å². The minimum atomic E-state index is -4.25. The molecule has 2 heterocycles. The molecule has 4 aromatic rings. The molecule has 42 heavy (non-hydrogen) atoms. The van der Waals surface area contributed by atoms with E-state index in [1.807, 2.05) is 48.5 Å². The summed E-state index contributed by atoms with van der Waals surface area (Å²) in [5, 5.41) is 13.3. The number of sulfone groups is 1. The molecule has 0 saturated heterocycles. The highest BCUT2D eigenvalue weighted by atomic mass is 32.2. The molecule has 0 amide bonds. The van der Waals surface area contributed by atoms with Crippen LogP contribution in [0, 0.1) is 33.8 Å². The Balaban J connectivity index is 1.54. The van der Waals surface area contributed by atoms with Gasteiger partial charge in [-0.25, -0.2) is 16.8 Å². The molecule has 2 aliphatic rings. The van der Waals surface area contributed by atoms with E-state index in [9.17, 15) is 26.9 Å². The summed E-state index contributed by atoms with van der Waals surface area (Å²) < 4.78 is 54.0. The first-order valence-corrected chi connectivity index (χ1v) is 16.5. The van der Waals surface area contributed by atoms with E-state index >= 15 is 0 Å². The van der Waals surface area contributed by atoms with Gasteiger partial charge in [-0.05, 0) is 63.7 Å². The number of nitro benzene ring substituents is 1. The van der Waals surface area contributed by atoms with Crippen LogP contribution in [0.15, 0.2) is 77.7 Å². The van der Waals surface area contributed by atoms with Crippen LogP contribution >= 0.6 is 0 Å². The molecule has 0 atom stereocenters. The SMILES string of the molecule is O=[N+]([O-])c1ccccc1S(=O)(=O)N1CC#Cc2ccccc2-c2c3c(cc4c(cccc24)C#CCCC1)CS(=O)(=O)C3. The Bertz CT molecular complexity index is 2130. The summed E-state index contributed by atoms with van der Waals surface area (Å²) in [5.74, 6) is 12.3. The first-order valence-electron chi connectivity index (χ1n) is 13.2. The zero-order valence-electron chi connectivity index (χ0n) is 22.3. The predicted molar refractivity (Wildman–Crippen MR) is 161 cm³/mol. The Kier molecular flexibility index (Phi) is 7.07. The fourth-order valence-corrected chi connectivity index (χ4v) is 8.67. The van der Waals surface area contributed by atoms with Crippen molar-refractivity contribution in [3.05, 3.63) is 105 Å². The molecule has 0 aromatic heterocycles. The van der Waals surface area contributed by atoms with Crippen LogP contribution in [0.1, 0.15) is 35.1 Å². The van der Waals surface area contributed by atoms with Crippen LogP contribution in [-0.2, 0) is 31.4 Å². The number of nitro groups is 1. The molecular weight excluding hydrogens is 572 g/mol. The summed E-state index contributed by atoms with van der Waals surface area (Å²) >= 11 is 0. The van der Waals surface area contributed by atoms with Crippen molar-refractivity contribution in [3.63, 3.8) is 0 Å². The van der Waals surface area contributed by atoms with Gasteiger partial charge in [0.15, 0.2) is 14.7 Å². The molecule has 10 heteroatoms. The molecule has 0 unspecified atom stereocenters. The minimum absolute atomic E-state index is 0.0423. The third-order valence-electron chi connectivity index (χ3n) is 7.41. The Morgan fingerprint density at radius 3 is 2.43 bits per heavy atom. The van der Waals surface area contributed by atoms with Gasteiger partial charge in [-0.1, -0.05) is 66.1 Å². The second kappa shape index (κ2) is 10.7. The zero-order chi connectivity index (χ0) is 29.5. The summed E-state index contributed by atoms with van der Waals surface area (Å²) in [4.78, 5) is 10.5. The number of benzene rings is 4. The van der Waals surface area contributed by atoms with E-state index in [1.54, 1.807) is 0 Å². The van der Waals surface area contributed by atoms with Crippen molar-refractivity contribution < 1.29 is 21.8 Å². The molecule has 6 rings (SSSR count). The van der Waals surface area contributed by atoms with Gasteiger partial charge >= 0.3 is 0 Å². The zero-order valence-corrected chi connectivity index (χ0v) is 24.0. The lowest BCUT2D eigenvalue weighted by atomic mass is 9.87. The normalized spacial score (nSPS) is 16.2. The predicted octanol–water partition coefficient (Wildman–Crippen LogP) is 5.03. The van der Waals surface area contributed by atoms with Crippen LogP contribution in [-0.4, -0.2) is 39.2 Å². The van der Waals surface area contributed by atoms with E-state index in [-0.39, 0.29) is 29.5 Å². The largest absolute Gasteiger partial charge is 0.289 e. The summed E-state index contributed by atoms with van der Waals surface area (Å²) in [7, 11) is -7.57. The fourth-order valence-electron chi connectivity index (χ4n) is 5.53. The monoisotopic (exact) mass is 596 g/mol. The molecule has 8 nitrogen and oxygen atoms in total. The number of fused-ring (bicyclic) bond motifs is 4. The number of para-hydroxylation sites is 1. The quantitative estimate of drug-likeness (QED) is 0.186. The number of nitrogens with zero attached hydrogens (tertiary/aromatic N) is 2. The smallest absolute Gasteiger partial charge is 0.258 e. The standard InChI is InChI=1S/C32H24N2O6S2/c35-34(36)30-16-5-6-17-31(30)42(39,40)33-18-7-1-2-10-24-12-8-15-27-28(24)20-25-21-41(37,38)22-29(25)32(27)26-14-4-3-11-23(26)13-9-19-33/h3-6,8,11-12,14-17,20H,1,7,18-19,21-22H2. The highest BCUT2D eigenvalue weighted by molar-refractivity contribution is 7.90. The van der Waals surface area contributed by atoms with Crippen molar-refractivity contribution in [2.45, 2.75) is 29.2 Å². The van der Waals surface area contributed by atoms with Crippen LogP contribution < -0.4 is 0 Å².